The number of nitriles is 1. The van der Waals surface area contributed by atoms with Crippen LogP contribution in [0.4, 0.5) is 0 Å². The predicted molar refractivity (Wildman–Crippen MR) is 61.1 cm³/mol. The molecule has 0 fully saturated rings. The average Bonchev–Trinajstić information content (AvgIpc) is 2.23. The smallest absolute Gasteiger partial charge is 0.0647 e. The summed E-state index contributed by atoms with van der Waals surface area (Å²) in [6.07, 6.45) is 7.06. The third kappa shape index (κ3) is 2.60. The summed E-state index contributed by atoms with van der Waals surface area (Å²) in [5.41, 5.74) is 1.29. The van der Waals surface area contributed by atoms with E-state index in [-0.39, 0.29) is 12.0 Å². The zero-order valence-corrected chi connectivity index (χ0v) is 9.79. The van der Waals surface area contributed by atoms with Gasteiger partial charge in [0.2, 0.25) is 0 Å². The van der Waals surface area contributed by atoms with Crippen LogP contribution in [0.2, 0.25) is 0 Å². The Kier molecular flexibility index (Phi) is 4.35. The fourth-order valence-corrected chi connectivity index (χ4v) is 2.56. The molecule has 0 aromatic carbocycles. The van der Waals surface area contributed by atoms with E-state index in [1.54, 1.807) is 0 Å². The molecule has 0 aromatic rings. The van der Waals surface area contributed by atoms with E-state index in [2.05, 4.69) is 26.0 Å². The molecule has 0 unspecified atom stereocenters. The van der Waals surface area contributed by atoms with E-state index >= 15 is 0 Å². The molecule has 84 valence electrons. The van der Waals surface area contributed by atoms with Gasteiger partial charge in [0, 0.05) is 6.42 Å². The topological polar surface area (TPSA) is 44.0 Å². The maximum atomic E-state index is 9.37. The van der Waals surface area contributed by atoms with Crippen molar-refractivity contribution < 1.29 is 5.11 Å². The minimum atomic E-state index is 0.115. The Morgan fingerprint density at radius 2 is 2.40 bits per heavy atom. The fourth-order valence-electron chi connectivity index (χ4n) is 2.56. The van der Waals surface area contributed by atoms with Crippen LogP contribution in [0.3, 0.4) is 0 Å². The van der Waals surface area contributed by atoms with Crippen LogP contribution in [-0.4, -0.2) is 11.7 Å². The van der Waals surface area contributed by atoms with Gasteiger partial charge in [-0.2, -0.15) is 5.26 Å². The summed E-state index contributed by atoms with van der Waals surface area (Å²) < 4.78 is 0. The van der Waals surface area contributed by atoms with Crippen LogP contribution in [0.25, 0.3) is 0 Å². The molecule has 0 bridgehead atoms. The standard InChI is InChI=1S/C13H21NO/c1-11-6-5-7-12(10-15)13(11,2)8-3-4-9-14/h7,11,15H,3-6,8,10H2,1-2H3/t11-,13+/m0/s1. The van der Waals surface area contributed by atoms with E-state index in [4.69, 9.17) is 5.26 Å². The number of allylic oxidation sites excluding steroid dienone is 1. The Bertz CT molecular complexity index is 277. The van der Waals surface area contributed by atoms with Gasteiger partial charge in [0.05, 0.1) is 12.7 Å². The van der Waals surface area contributed by atoms with Crippen molar-refractivity contribution in [2.75, 3.05) is 6.61 Å². The lowest BCUT2D eigenvalue weighted by atomic mass is 9.65. The molecule has 0 amide bonds. The lowest BCUT2D eigenvalue weighted by molar-refractivity contribution is 0.174. The van der Waals surface area contributed by atoms with Crippen LogP contribution in [-0.2, 0) is 0 Å². The van der Waals surface area contributed by atoms with E-state index in [9.17, 15) is 5.11 Å². The lowest BCUT2D eigenvalue weighted by Gasteiger charge is -2.40. The summed E-state index contributed by atoms with van der Waals surface area (Å²) in [5.74, 6) is 0.614. The second kappa shape index (κ2) is 5.32. The Labute approximate surface area is 92.6 Å². The van der Waals surface area contributed by atoms with E-state index in [1.807, 2.05) is 0 Å². The van der Waals surface area contributed by atoms with Gasteiger partial charge >= 0.3 is 0 Å². The van der Waals surface area contributed by atoms with Gasteiger partial charge in [-0.25, -0.2) is 0 Å². The van der Waals surface area contributed by atoms with Gasteiger partial charge < -0.3 is 5.11 Å². The molecule has 15 heavy (non-hydrogen) atoms. The van der Waals surface area contributed by atoms with Crippen LogP contribution in [0.15, 0.2) is 11.6 Å². The van der Waals surface area contributed by atoms with Crippen LogP contribution in [0.5, 0.6) is 0 Å². The van der Waals surface area contributed by atoms with Crippen molar-refractivity contribution in [3.63, 3.8) is 0 Å². The van der Waals surface area contributed by atoms with Gasteiger partial charge in [-0.15, -0.1) is 0 Å². The monoisotopic (exact) mass is 207 g/mol. The Hall–Kier alpha value is -0.810. The molecule has 1 N–H and O–H groups in total. The van der Waals surface area contributed by atoms with Crippen LogP contribution >= 0.6 is 0 Å². The maximum absolute atomic E-state index is 9.37. The maximum Gasteiger partial charge on any atom is 0.0647 e. The molecule has 0 spiro atoms. The first kappa shape index (κ1) is 12.3. The summed E-state index contributed by atoms with van der Waals surface area (Å²) in [5, 5.41) is 17.9. The van der Waals surface area contributed by atoms with Crippen molar-refractivity contribution in [2.24, 2.45) is 11.3 Å². The van der Waals surface area contributed by atoms with Crippen LogP contribution in [0, 0.1) is 22.7 Å². The molecule has 2 nitrogen and oxygen atoms in total. The summed E-state index contributed by atoms with van der Waals surface area (Å²) >= 11 is 0. The normalized spacial score (nSPS) is 30.8. The Morgan fingerprint density at radius 3 is 3.00 bits per heavy atom. The Morgan fingerprint density at radius 1 is 1.67 bits per heavy atom. The molecule has 1 aliphatic rings. The molecule has 1 rings (SSSR count). The van der Waals surface area contributed by atoms with Gasteiger partial charge in [0.1, 0.15) is 0 Å². The molecule has 0 aliphatic heterocycles. The van der Waals surface area contributed by atoms with Crippen molar-refractivity contribution in [3.05, 3.63) is 11.6 Å². The van der Waals surface area contributed by atoms with Crippen molar-refractivity contribution in [3.8, 4) is 6.07 Å². The van der Waals surface area contributed by atoms with Gasteiger partial charge in [-0.05, 0) is 42.6 Å². The van der Waals surface area contributed by atoms with Crippen molar-refractivity contribution in [2.45, 2.75) is 46.0 Å². The van der Waals surface area contributed by atoms with Crippen LogP contribution in [0.1, 0.15) is 46.0 Å². The highest BCUT2D eigenvalue weighted by molar-refractivity contribution is 5.18. The molecule has 0 aromatic heterocycles. The van der Waals surface area contributed by atoms with Gasteiger partial charge in [-0.3, -0.25) is 0 Å². The first-order valence-electron chi connectivity index (χ1n) is 5.82. The third-order valence-electron chi connectivity index (χ3n) is 3.97. The van der Waals surface area contributed by atoms with Crippen molar-refractivity contribution in [1.29, 1.82) is 5.26 Å². The molecular formula is C13H21NO. The summed E-state index contributed by atoms with van der Waals surface area (Å²) in [4.78, 5) is 0. The third-order valence-corrected chi connectivity index (χ3v) is 3.97. The lowest BCUT2D eigenvalue weighted by Crippen LogP contribution is -2.32. The highest BCUT2D eigenvalue weighted by atomic mass is 16.3. The van der Waals surface area contributed by atoms with Gasteiger partial charge in [0.25, 0.3) is 0 Å². The SMILES string of the molecule is C[C@H]1CCC=C(CO)[C@]1(C)CCCC#N. The van der Waals surface area contributed by atoms with Crippen LogP contribution < -0.4 is 0 Å². The zero-order chi connectivity index (χ0) is 11.3. The molecule has 2 heteroatoms. The summed E-state index contributed by atoms with van der Waals surface area (Å²) in [6, 6.07) is 2.19. The minimum absolute atomic E-state index is 0.115. The van der Waals surface area contributed by atoms with E-state index < -0.39 is 0 Å². The quantitative estimate of drug-likeness (QED) is 0.569. The summed E-state index contributed by atoms with van der Waals surface area (Å²) in [7, 11) is 0. The van der Waals surface area contributed by atoms with Gasteiger partial charge in [-0.1, -0.05) is 19.9 Å². The molecule has 0 saturated heterocycles. The average molecular weight is 207 g/mol. The Balaban J connectivity index is 2.71. The van der Waals surface area contributed by atoms with Crippen molar-refractivity contribution >= 4 is 0 Å². The number of nitrogens with zero attached hydrogens (tertiary/aromatic N) is 1. The highest BCUT2D eigenvalue weighted by Crippen LogP contribution is 2.45. The number of hydrogen-bond donors (Lipinski definition) is 1. The molecule has 0 heterocycles. The number of unbranched alkanes of at least 4 members (excludes halogenated alkanes) is 1. The molecule has 2 atom stereocenters. The first-order valence-corrected chi connectivity index (χ1v) is 5.82. The molecular weight excluding hydrogens is 186 g/mol. The molecule has 0 radical (unpaired) electrons. The van der Waals surface area contributed by atoms with E-state index in [1.165, 1.54) is 12.0 Å². The number of rotatable bonds is 4. The largest absolute Gasteiger partial charge is 0.392 e. The second-order valence-electron chi connectivity index (χ2n) is 4.80. The number of aliphatic hydroxyl groups excluding tert-OH is 1. The van der Waals surface area contributed by atoms with E-state index in [0.717, 1.165) is 19.3 Å². The highest BCUT2D eigenvalue weighted by Gasteiger charge is 2.35. The number of aliphatic hydroxyl groups is 1. The number of hydrogen-bond acceptors (Lipinski definition) is 2. The summed E-state index contributed by atoms with van der Waals surface area (Å²) in [6.45, 7) is 4.67. The van der Waals surface area contributed by atoms with Crippen molar-refractivity contribution in [1.82, 2.24) is 0 Å². The predicted octanol–water partition coefficient (Wildman–Crippen LogP) is 3.04. The fraction of sp³-hybridized carbons (Fsp3) is 0.769. The minimum Gasteiger partial charge on any atom is -0.392 e. The zero-order valence-electron chi connectivity index (χ0n) is 9.79. The second-order valence-corrected chi connectivity index (χ2v) is 4.80. The molecule has 0 saturated carbocycles. The first-order chi connectivity index (χ1) is 7.15. The molecule has 1 aliphatic carbocycles. The van der Waals surface area contributed by atoms with Gasteiger partial charge in [0.15, 0.2) is 0 Å². The van der Waals surface area contributed by atoms with E-state index in [0.29, 0.717) is 12.3 Å².